The number of amides is 2. The zero-order valence-electron chi connectivity index (χ0n) is 23.4. The van der Waals surface area contributed by atoms with Crippen molar-refractivity contribution in [2.24, 2.45) is 0 Å². The van der Waals surface area contributed by atoms with Gasteiger partial charge in [-0.1, -0.05) is 23.7 Å². The molecule has 13 nitrogen and oxygen atoms in total. The zero-order chi connectivity index (χ0) is 32.1. The van der Waals surface area contributed by atoms with Crippen LogP contribution < -0.4 is 25.4 Å². The van der Waals surface area contributed by atoms with E-state index in [0.717, 1.165) is 22.7 Å². The van der Waals surface area contributed by atoms with Gasteiger partial charge in [0.05, 0.1) is 5.54 Å². The highest BCUT2D eigenvalue weighted by Crippen LogP contribution is 2.48. The van der Waals surface area contributed by atoms with Crippen LogP contribution in [0.4, 0.5) is 30.8 Å². The molecule has 1 saturated carbocycles. The van der Waals surface area contributed by atoms with Crippen molar-refractivity contribution in [2.75, 3.05) is 37.9 Å². The molecular weight excluding hydrogens is 629 g/mol. The number of carbonyl (C=O) groups excluding carboxylic acids is 2. The van der Waals surface area contributed by atoms with Crippen LogP contribution in [0.3, 0.4) is 0 Å². The summed E-state index contributed by atoms with van der Waals surface area (Å²) in [7, 11) is -1.41. The Morgan fingerprint density at radius 2 is 1.64 bits per heavy atom. The first-order valence-electron chi connectivity index (χ1n) is 13.0. The number of anilines is 3. The minimum absolute atomic E-state index is 0.00876. The van der Waals surface area contributed by atoms with Crippen LogP contribution in [0.25, 0.3) is 0 Å². The molecule has 0 radical (unpaired) electrons. The number of hydrogen-bond donors (Lipinski definition) is 4. The molecule has 4 rings (SSSR count). The Morgan fingerprint density at radius 1 is 1.00 bits per heavy atom. The molecule has 1 aliphatic rings. The SMILES string of the molecule is CN(C)S(=O)(=O)NC(=O)CCNC(=O)c1ccc(Nc2nc(NC3(c4ccc(Cl)cc4)CC3)nc(OCC(F)(F)F)n2)cc1. The number of nitrogens with one attached hydrogen (secondary N) is 4. The summed E-state index contributed by atoms with van der Waals surface area (Å²) in [4.78, 5) is 36.5. The van der Waals surface area contributed by atoms with E-state index in [-0.39, 0.29) is 30.4 Å². The first kappa shape index (κ1) is 32.7. The molecule has 0 spiro atoms. The second kappa shape index (κ2) is 13.2. The molecule has 0 aliphatic heterocycles. The predicted molar refractivity (Wildman–Crippen MR) is 155 cm³/mol. The van der Waals surface area contributed by atoms with Crippen LogP contribution in [0.1, 0.15) is 35.2 Å². The van der Waals surface area contributed by atoms with E-state index >= 15 is 0 Å². The standard InChI is InChI=1S/C26H28ClF3N8O5S/c1-38(2)44(41,42)37-20(39)11-14-31-21(40)16-3-9-19(10-4-16)32-22-33-23(35-24(34-22)43-15-26(28,29)30)36-25(12-13-25)17-5-7-18(27)8-6-17/h3-10H,11-15H2,1-2H3,(H,31,40)(H,37,39)(H2,32,33,34,35,36). The number of nitrogens with zero attached hydrogens (tertiary/aromatic N) is 4. The molecule has 1 heterocycles. The van der Waals surface area contributed by atoms with Gasteiger partial charge in [0, 0.05) is 43.3 Å². The fraction of sp³-hybridized carbons (Fsp3) is 0.346. The summed E-state index contributed by atoms with van der Waals surface area (Å²) < 4.78 is 69.3. The number of aromatic nitrogens is 3. The molecule has 44 heavy (non-hydrogen) atoms. The Bertz CT molecular complexity index is 1600. The highest BCUT2D eigenvalue weighted by molar-refractivity contribution is 7.87. The van der Waals surface area contributed by atoms with Gasteiger partial charge in [0.15, 0.2) is 6.61 Å². The number of alkyl halides is 3. The summed E-state index contributed by atoms with van der Waals surface area (Å²) in [5.41, 5.74) is 0.999. The van der Waals surface area contributed by atoms with Crippen molar-refractivity contribution < 1.29 is 35.9 Å². The monoisotopic (exact) mass is 656 g/mol. The van der Waals surface area contributed by atoms with Gasteiger partial charge in [-0.25, -0.2) is 4.72 Å². The fourth-order valence-corrected chi connectivity index (χ4v) is 4.48. The third-order valence-electron chi connectivity index (χ3n) is 6.24. The van der Waals surface area contributed by atoms with Crippen LogP contribution >= 0.6 is 11.6 Å². The van der Waals surface area contributed by atoms with Gasteiger partial charge in [0.25, 0.3) is 5.91 Å². The van der Waals surface area contributed by atoms with Gasteiger partial charge in [0.1, 0.15) is 0 Å². The smallest absolute Gasteiger partial charge is 0.422 e. The van der Waals surface area contributed by atoms with E-state index in [1.54, 1.807) is 12.1 Å². The van der Waals surface area contributed by atoms with Gasteiger partial charge >= 0.3 is 22.4 Å². The van der Waals surface area contributed by atoms with Crippen molar-refractivity contribution in [1.29, 1.82) is 0 Å². The molecule has 3 aromatic rings. The summed E-state index contributed by atoms with van der Waals surface area (Å²) in [5.74, 6) is -1.43. The lowest BCUT2D eigenvalue weighted by Gasteiger charge is -2.19. The van der Waals surface area contributed by atoms with Crippen molar-refractivity contribution in [1.82, 2.24) is 29.3 Å². The fourth-order valence-electron chi connectivity index (χ4n) is 3.78. The number of benzene rings is 2. The van der Waals surface area contributed by atoms with E-state index in [0.29, 0.717) is 10.7 Å². The summed E-state index contributed by atoms with van der Waals surface area (Å²) in [5, 5.41) is 9.11. The van der Waals surface area contributed by atoms with Crippen LogP contribution in [-0.2, 0) is 20.5 Å². The molecule has 18 heteroatoms. The molecule has 1 fully saturated rings. The quantitative estimate of drug-likeness (QED) is 0.214. The molecular formula is C26H28ClF3N8O5S. The molecule has 2 amide bonds. The molecule has 0 saturated heterocycles. The van der Waals surface area contributed by atoms with E-state index < -0.39 is 46.4 Å². The minimum atomic E-state index is -4.61. The second-order valence-corrected chi connectivity index (χ2v) is 12.2. The van der Waals surface area contributed by atoms with E-state index in [1.807, 2.05) is 16.9 Å². The Kier molecular flexibility index (Phi) is 9.80. The maximum absolute atomic E-state index is 12.8. The van der Waals surface area contributed by atoms with Crippen LogP contribution in [0, 0.1) is 0 Å². The Labute approximate surface area is 255 Å². The van der Waals surface area contributed by atoms with Crippen molar-refractivity contribution in [3.8, 4) is 6.01 Å². The Hall–Kier alpha value is -4.22. The molecule has 4 N–H and O–H groups in total. The lowest BCUT2D eigenvalue weighted by Crippen LogP contribution is -2.40. The van der Waals surface area contributed by atoms with E-state index in [9.17, 15) is 31.2 Å². The molecule has 0 atom stereocenters. The maximum Gasteiger partial charge on any atom is 0.422 e. The van der Waals surface area contributed by atoms with Gasteiger partial charge in [-0.15, -0.1) is 0 Å². The summed E-state index contributed by atoms with van der Waals surface area (Å²) in [6.07, 6.45) is -3.43. The lowest BCUT2D eigenvalue weighted by molar-refractivity contribution is -0.154. The van der Waals surface area contributed by atoms with Crippen LogP contribution in [0.2, 0.25) is 5.02 Å². The molecule has 1 aromatic heterocycles. The maximum atomic E-state index is 12.8. The molecule has 0 bridgehead atoms. The predicted octanol–water partition coefficient (Wildman–Crippen LogP) is 3.35. The summed E-state index contributed by atoms with van der Waals surface area (Å²) in [6.45, 7) is -1.72. The Balaban J connectivity index is 1.42. The highest BCUT2D eigenvalue weighted by atomic mass is 35.5. The average molecular weight is 657 g/mol. The second-order valence-electron chi connectivity index (χ2n) is 9.90. The van der Waals surface area contributed by atoms with Gasteiger partial charge in [-0.3, -0.25) is 9.59 Å². The molecule has 1 aliphatic carbocycles. The van der Waals surface area contributed by atoms with Crippen molar-refractivity contribution in [3.05, 3.63) is 64.7 Å². The first-order valence-corrected chi connectivity index (χ1v) is 14.8. The number of hydrogen-bond acceptors (Lipinski definition) is 10. The van der Waals surface area contributed by atoms with Crippen LogP contribution in [0.15, 0.2) is 48.5 Å². The first-order chi connectivity index (χ1) is 20.6. The number of ether oxygens (including phenoxy) is 1. The van der Waals surface area contributed by atoms with Crippen LogP contribution in [0.5, 0.6) is 6.01 Å². The Morgan fingerprint density at radius 3 is 2.23 bits per heavy atom. The minimum Gasteiger partial charge on any atom is -0.454 e. The number of halogens is 4. The summed E-state index contributed by atoms with van der Waals surface area (Å²) >= 11 is 5.99. The van der Waals surface area contributed by atoms with E-state index in [2.05, 4.69) is 30.9 Å². The third-order valence-corrected chi connectivity index (χ3v) is 7.94. The van der Waals surface area contributed by atoms with Gasteiger partial charge in [0.2, 0.25) is 17.8 Å². The largest absolute Gasteiger partial charge is 0.454 e. The van der Waals surface area contributed by atoms with Gasteiger partial charge in [-0.2, -0.15) is 40.8 Å². The van der Waals surface area contributed by atoms with E-state index in [1.165, 1.54) is 38.4 Å². The highest BCUT2D eigenvalue weighted by Gasteiger charge is 2.45. The van der Waals surface area contributed by atoms with E-state index in [4.69, 9.17) is 16.3 Å². The molecule has 0 unspecified atom stereocenters. The van der Waals surface area contributed by atoms with Crippen molar-refractivity contribution in [2.45, 2.75) is 31.0 Å². The third kappa shape index (κ3) is 9.14. The normalized spacial score (nSPS) is 14.1. The zero-order valence-corrected chi connectivity index (χ0v) is 25.0. The van der Waals surface area contributed by atoms with Crippen molar-refractivity contribution >= 4 is 51.2 Å². The molecule has 236 valence electrons. The van der Waals surface area contributed by atoms with Crippen LogP contribution in [-0.4, -0.2) is 72.9 Å². The number of rotatable bonds is 13. The topological polar surface area (TPSA) is 168 Å². The van der Waals surface area contributed by atoms with Gasteiger partial charge < -0.3 is 20.7 Å². The van der Waals surface area contributed by atoms with Gasteiger partial charge in [-0.05, 0) is 54.8 Å². The molecule has 2 aromatic carbocycles. The summed E-state index contributed by atoms with van der Waals surface area (Å²) in [6, 6.07) is 12.5. The number of carbonyl (C=O) groups is 2. The lowest BCUT2D eigenvalue weighted by atomic mass is 10.1. The average Bonchev–Trinajstić information content (AvgIpc) is 3.72. The van der Waals surface area contributed by atoms with Crippen molar-refractivity contribution in [3.63, 3.8) is 0 Å².